The molecule has 154 valence electrons. The largest absolute Gasteiger partial charge is 0.357 e. The van der Waals surface area contributed by atoms with Crippen molar-refractivity contribution in [2.24, 2.45) is 0 Å². The molecule has 2 N–H and O–H groups in total. The summed E-state index contributed by atoms with van der Waals surface area (Å²) < 4.78 is 27.9. The smallest absolute Gasteiger partial charge is 0.271 e. The summed E-state index contributed by atoms with van der Waals surface area (Å²) in [5.41, 5.74) is 1.25. The lowest BCUT2D eigenvalue weighted by atomic mass is 10.3. The van der Waals surface area contributed by atoms with Crippen LogP contribution in [0.25, 0.3) is 0 Å². The summed E-state index contributed by atoms with van der Waals surface area (Å²) in [6.45, 7) is 7.73. The average Bonchev–Trinajstić information content (AvgIpc) is 3.11. The van der Waals surface area contributed by atoms with Gasteiger partial charge in [0.05, 0.1) is 4.34 Å². The molecular formula is C19H22ClN5O2S2. The van der Waals surface area contributed by atoms with E-state index in [0.717, 1.165) is 35.9 Å². The number of hydrogen-bond acceptors (Lipinski definition) is 7. The van der Waals surface area contributed by atoms with Crippen LogP contribution in [0.1, 0.15) is 19.7 Å². The molecule has 1 aromatic carbocycles. The summed E-state index contributed by atoms with van der Waals surface area (Å²) in [5, 5.41) is 3.24. The molecule has 0 spiro atoms. The van der Waals surface area contributed by atoms with E-state index in [1.54, 1.807) is 30.3 Å². The Morgan fingerprint density at radius 2 is 1.69 bits per heavy atom. The van der Waals surface area contributed by atoms with E-state index in [4.69, 9.17) is 11.6 Å². The summed E-state index contributed by atoms with van der Waals surface area (Å²) in [6, 6.07) is 11.9. The van der Waals surface area contributed by atoms with E-state index in [1.807, 2.05) is 13.0 Å². The van der Waals surface area contributed by atoms with Crippen LogP contribution in [-0.4, -0.2) is 31.5 Å². The minimum absolute atomic E-state index is 0.171. The van der Waals surface area contributed by atoms with E-state index in [9.17, 15) is 8.42 Å². The number of rotatable bonds is 8. The first-order valence-electron chi connectivity index (χ1n) is 9.06. The highest BCUT2D eigenvalue weighted by Crippen LogP contribution is 2.28. The molecule has 3 rings (SSSR count). The van der Waals surface area contributed by atoms with E-state index < -0.39 is 10.0 Å². The van der Waals surface area contributed by atoms with Crippen molar-refractivity contribution < 1.29 is 8.42 Å². The number of halogens is 1. The first-order chi connectivity index (χ1) is 13.8. The predicted molar refractivity (Wildman–Crippen MR) is 120 cm³/mol. The van der Waals surface area contributed by atoms with Gasteiger partial charge in [0.2, 0.25) is 0 Å². The Labute approximate surface area is 179 Å². The number of nitrogens with zero attached hydrogens (tertiary/aromatic N) is 3. The Bertz CT molecular complexity index is 1080. The van der Waals surface area contributed by atoms with Crippen molar-refractivity contribution in [1.29, 1.82) is 0 Å². The van der Waals surface area contributed by atoms with E-state index >= 15 is 0 Å². The van der Waals surface area contributed by atoms with Gasteiger partial charge in [-0.05, 0) is 57.2 Å². The SMILES string of the molecule is CCN(CC)c1cc(Nc2ccc(NS(=O)(=O)c3ccc(Cl)s3)cc2)nc(C)n1. The molecular weight excluding hydrogens is 430 g/mol. The van der Waals surface area contributed by atoms with Gasteiger partial charge in [0.1, 0.15) is 21.7 Å². The standard InChI is InChI=1S/C19H22ClN5O2S2/c1-4-25(5-2)18-12-17(21-13(3)22-18)23-14-6-8-15(9-7-14)24-29(26,27)19-11-10-16(20)28-19/h6-12,24H,4-5H2,1-3H3,(H,21,22,23). The molecule has 10 heteroatoms. The van der Waals surface area contributed by atoms with Gasteiger partial charge in [-0.3, -0.25) is 4.72 Å². The van der Waals surface area contributed by atoms with Gasteiger partial charge in [-0.1, -0.05) is 11.6 Å². The van der Waals surface area contributed by atoms with Crippen molar-refractivity contribution in [2.45, 2.75) is 25.0 Å². The number of aromatic nitrogens is 2. The van der Waals surface area contributed by atoms with Crippen LogP contribution in [0.5, 0.6) is 0 Å². The highest BCUT2D eigenvalue weighted by atomic mass is 35.5. The van der Waals surface area contributed by atoms with Gasteiger partial charge in [-0.25, -0.2) is 18.4 Å². The molecule has 3 aromatic rings. The molecule has 2 heterocycles. The lowest BCUT2D eigenvalue weighted by Crippen LogP contribution is -2.23. The monoisotopic (exact) mass is 451 g/mol. The number of aryl methyl sites for hydroxylation is 1. The summed E-state index contributed by atoms with van der Waals surface area (Å²) in [7, 11) is -3.65. The molecule has 0 bridgehead atoms. The first kappa shape index (κ1) is 21.4. The minimum atomic E-state index is -3.65. The maximum absolute atomic E-state index is 12.4. The van der Waals surface area contributed by atoms with E-state index in [1.165, 1.54) is 6.07 Å². The summed E-state index contributed by atoms with van der Waals surface area (Å²) >= 11 is 6.84. The van der Waals surface area contributed by atoms with Crippen molar-refractivity contribution in [3.05, 3.63) is 52.6 Å². The molecule has 7 nitrogen and oxygen atoms in total. The fourth-order valence-electron chi connectivity index (χ4n) is 2.74. The highest BCUT2D eigenvalue weighted by Gasteiger charge is 2.16. The zero-order chi connectivity index (χ0) is 21.0. The van der Waals surface area contributed by atoms with Gasteiger partial charge in [0, 0.05) is 30.5 Å². The van der Waals surface area contributed by atoms with Crippen LogP contribution in [0.2, 0.25) is 4.34 Å². The molecule has 0 amide bonds. The number of thiophene rings is 1. The van der Waals surface area contributed by atoms with Gasteiger partial charge in [0.15, 0.2) is 0 Å². The molecule has 0 atom stereocenters. The highest BCUT2D eigenvalue weighted by molar-refractivity contribution is 7.94. The number of sulfonamides is 1. The molecule has 0 radical (unpaired) electrons. The fourth-order valence-corrected chi connectivity index (χ4v) is 5.28. The maximum atomic E-state index is 12.4. The maximum Gasteiger partial charge on any atom is 0.271 e. The minimum Gasteiger partial charge on any atom is -0.357 e. The molecule has 0 aliphatic carbocycles. The van der Waals surface area contributed by atoms with Crippen molar-refractivity contribution >= 4 is 56.0 Å². The van der Waals surface area contributed by atoms with Gasteiger partial charge in [-0.15, -0.1) is 11.3 Å². The summed E-state index contributed by atoms with van der Waals surface area (Å²) in [5.74, 6) is 2.22. The lowest BCUT2D eigenvalue weighted by molar-refractivity contribution is 0.603. The summed E-state index contributed by atoms with van der Waals surface area (Å²) in [4.78, 5) is 11.1. The molecule has 2 aromatic heterocycles. The van der Waals surface area contributed by atoms with Crippen molar-refractivity contribution in [2.75, 3.05) is 28.0 Å². The van der Waals surface area contributed by atoms with Crippen molar-refractivity contribution in [1.82, 2.24) is 9.97 Å². The molecule has 0 fully saturated rings. The van der Waals surface area contributed by atoms with Crippen LogP contribution in [-0.2, 0) is 10.0 Å². The van der Waals surface area contributed by atoms with Gasteiger partial charge in [-0.2, -0.15) is 0 Å². The Hall–Kier alpha value is -2.36. The number of hydrogen-bond donors (Lipinski definition) is 2. The quantitative estimate of drug-likeness (QED) is 0.507. The van der Waals surface area contributed by atoms with Gasteiger partial charge >= 0.3 is 0 Å². The zero-order valence-electron chi connectivity index (χ0n) is 16.3. The fraction of sp³-hybridized carbons (Fsp3) is 0.263. The second-order valence-corrected chi connectivity index (χ2v) is 9.82. The topological polar surface area (TPSA) is 87.2 Å². The summed E-state index contributed by atoms with van der Waals surface area (Å²) in [6.07, 6.45) is 0. The van der Waals surface area contributed by atoms with Crippen LogP contribution in [0, 0.1) is 6.92 Å². The molecule has 0 aliphatic heterocycles. The Morgan fingerprint density at radius 3 is 2.28 bits per heavy atom. The Balaban J connectivity index is 1.74. The predicted octanol–water partition coefficient (Wildman–Crippen LogP) is 4.89. The molecule has 0 saturated heterocycles. The molecule has 0 aliphatic rings. The van der Waals surface area contributed by atoms with Gasteiger partial charge in [0.25, 0.3) is 10.0 Å². The van der Waals surface area contributed by atoms with Crippen LogP contribution >= 0.6 is 22.9 Å². The van der Waals surface area contributed by atoms with E-state index in [-0.39, 0.29) is 4.21 Å². The van der Waals surface area contributed by atoms with Crippen molar-refractivity contribution in [3.63, 3.8) is 0 Å². The normalized spacial score (nSPS) is 11.3. The Kier molecular flexibility index (Phi) is 6.61. The van der Waals surface area contributed by atoms with Crippen molar-refractivity contribution in [3.8, 4) is 0 Å². The number of anilines is 4. The third-order valence-electron chi connectivity index (χ3n) is 4.13. The number of nitrogens with one attached hydrogen (secondary N) is 2. The third-order valence-corrected chi connectivity index (χ3v) is 7.24. The average molecular weight is 452 g/mol. The van der Waals surface area contributed by atoms with Gasteiger partial charge < -0.3 is 10.2 Å². The van der Waals surface area contributed by atoms with Crippen LogP contribution in [0.4, 0.5) is 23.0 Å². The Morgan fingerprint density at radius 1 is 1.03 bits per heavy atom. The first-order valence-corrected chi connectivity index (χ1v) is 11.7. The van der Waals surface area contributed by atoms with Crippen LogP contribution in [0.15, 0.2) is 46.7 Å². The number of benzene rings is 1. The van der Waals surface area contributed by atoms with Crippen LogP contribution < -0.4 is 14.9 Å². The molecule has 29 heavy (non-hydrogen) atoms. The second-order valence-electron chi connectivity index (χ2n) is 6.20. The molecule has 0 saturated carbocycles. The molecule has 0 unspecified atom stereocenters. The van der Waals surface area contributed by atoms with E-state index in [2.05, 4.69) is 38.8 Å². The second kappa shape index (κ2) is 8.98. The zero-order valence-corrected chi connectivity index (χ0v) is 18.7. The van der Waals surface area contributed by atoms with Crippen LogP contribution in [0.3, 0.4) is 0 Å². The van der Waals surface area contributed by atoms with E-state index in [0.29, 0.717) is 21.7 Å². The third kappa shape index (κ3) is 5.37. The lowest BCUT2D eigenvalue weighted by Gasteiger charge is -2.20.